The first-order valence-corrected chi connectivity index (χ1v) is 50.2. The third-order valence-electron chi connectivity index (χ3n) is 30.4. The molecule has 0 radical (unpaired) electrons. The average molecular weight is 1880 g/mol. The van der Waals surface area contributed by atoms with Gasteiger partial charge in [-0.3, -0.25) is 0 Å². The Morgan fingerprint density at radius 1 is 0.109 bits per heavy atom. The first kappa shape index (κ1) is 83.1. The third kappa shape index (κ3) is 13.3. The zero-order valence-corrected chi connectivity index (χ0v) is 79.6. The molecule has 9 heteroatoms. The lowest BCUT2D eigenvalue weighted by molar-refractivity contribution is 0.668. The molecule has 686 valence electrons. The molecular formula is C138H86N6O3. The van der Waals surface area contributed by atoms with Gasteiger partial charge < -0.3 is 40.7 Å². The number of para-hydroxylation sites is 10. The molecule has 0 amide bonds. The molecule has 0 N–H and O–H groups in total. The van der Waals surface area contributed by atoms with E-state index in [9.17, 15) is 0 Å². The summed E-state index contributed by atoms with van der Waals surface area (Å²) in [7, 11) is 0. The van der Waals surface area contributed by atoms with E-state index in [4.69, 9.17) is 13.3 Å². The summed E-state index contributed by atoms with van der Waals surface area (Å²) < 4.78 is 33.2. The van der Waals surface area contributed by atoms with E-state index in [1.54, 1.807) is 0 Å². The second-order valence-electron chi connectivity index (χ2n) is 38.4. The van der Waals surface area contributed by atoms with Crippen LogP contribution in [0.2, 0.25) is 0 Å². The molecular weight excluding hydrogens is 1790 g/mol. The van der Waals surface area contributed by atoms with Crippen LogP contribution in [0.3, 0.4) is 0 Å². The van der Waals surface area contributed by atoms with Crippen molar-refractivity contribution in [2.24, 2.45) is 0 Å². The lowest BCUT2D eigenvalue weighted by Gasteiger charge is -2.11. The summed E-state index contributed by atoms with van der Waals surface area (Å²) in [6.45, 7) is 0. The van der Waals surface area contributed by atoms with E-state index in [2.05, 4.69) is 513 Å². The number of benzene rings is 23. The van der Waals surface area contributed by atoms with Gasteiger partial charge >= 0.3 is 0 Å². The Kier molecular flexibility index (Phi) is 18.9. The standard InChI is InChI=1S/2C48H30N2O.C42H26N2O/c1-2-12-31(13-3-1)32-14-10-15-35(28-32)49-41-19-7-4-16-36(41)39-29-33(24-26-43(39)49)34-25-27-44-40(30-34)37-17-5-8-20-42(37)50(44)45-21-11-23-47-48(45)38-18-6-9-22-46(38)51-47;1-2-11-31(12-3-1)32-21-25-35(26-22-32)49-41-16-7-4-13-36(41)39-29-33(23-27-43(39)49)34-24-28-44-40(30-34)37-14-5-8-17-42(37)50(44)45-18-10-20-47-48(45)38-15-6-9-19-46(38)51-47;1-2-11-29(12-3-1)43-35-16-7-4-13-30(35)33-25-27(21-23-37(33)43)28-22-24-38-34(26-28)31-14-5-8-17-36(31)44(38)39-18-10-20-41-42(39)32-15-6-9-19-40(32)45-41/h2*1-30H;1-26H. The van der Waals surface area contributed by atoms with Gasteiger partial charge in [-0.15, -0.1) is 0 Å². The molecule has 0 atom stereocenters. The van der Waals surface area contributed by atoms with Crippen molar-refractivity contribution in [3.05, 3.63) is 522 Å². The van der Waals surface area contributed by atoms with Crippen LogP contribution in [0.1, 0.15) is 0 Å². The van der Waals surface area contributed by atoms with Crippen LogP contribution in [0.4, 0.5) is 0 Å². The van der Waals surface area contributed by atoms with E-state index in [1.807, 2.05) is 36.4 Å². The van der Waals surface area contributed by atoms with Gasteiger partial charge in [-0.1, -0.05) is 322 Å². The van der Waals surface area contributed by atoms with Gasteiger partial charge in [0.1, 0.15) is 33.5 Å². The lowest BCUT2D eigenvalue weighted by Crippen LogP contribution is -1.94. The van der Waals surface area contributed by atoms with Crippen molar-refractivity contribution in [1.29, 1.82) is 0 Å². The summed E-state index contributed by atoms with van der Waals surface area (Å²) in [5.41, 5.74) is 38.7. The van der Waals surface area contributed by atoms with Crippen LogP contribution in [-0.2, 0) is 0 Å². The molecule has 0 unspecified atom stereocenters. The van der Waals surface area contributed by atoms with E-state index in [-0.39, 0.29) is 0 Å². The SMILES string of the molecule is c1ccc(-c2ccc(-n3c4ccccc4c4cc(-c5ccc6c(c5)c5ccccc5n6-c5cccc6oc7ccccc7c56)ccc43)cc2)cc1.c1ccc(-c2cccc(-n3c4ccccc4c4cc(-c5ccc6c(c5)c5ccccc5n6-c5cccc6oc7ccccc7c56)ccc43)c2)cc1.c1ccc(-n2c3ccccc3c3cc(-c4ccc5c(c4)c4ccccc4n5-c4cccc5oc6ccccc6c45)ccc32)cc1. The number of hydrogen-bond donors (Lipinski definition) is 0. The number of rotatable bonds is 11. The topological polar surface area (TPSA) is 69.0 Å². The molecule has 0 fully saturated rings. The summed E-state index contributed by atoms with van der Waals surface area (Å²) in [6, 6.07) is 188. The average Bonchev–Trinajstić information content (AvgIpc) is 1.57. The van der Waals surface area contributed by atoms with Crippen LogP contribution >= 0.6 is 0 Å². The highest BCUT2D eigenvalue weighted by Gasteiger charge is 2.26. The fraction of sp³-hybridized carbons (Fsp3) is 0. The summed E-state index contributed by atoms with van der Waals surface area (Å²) in [6.07, 6.45) is 0. The summed E-state index contributed by atoms with van der Waals surface area (Å²) in [4.78, 5) is 0. The van der Waals surface area contributed by atoms with Crippen molar-refractivity contribution in [1.82, 2.24) is 27.4 Å². The monoisotopic (exact) mass is 1870 g/mol. The minimum atomic E-state index is 0.899. The third-order valence-corrected chi connectivity index (χ3v) is 30.4. The van der Waals surface area contributed by atoms with Gasteiger partial charge in [0, 0.05) is 97.9 Å². The zero-order chi connectivity index (χ0) is 96.4. The van der Waals surface area contributed by atoms with Crippen molar-refractivity contribution >= 4 is 197 Å². The number of hydrogen-bond acceptors (Lipinski definition) is 3. The lowest BCUT2D eigenvalue weighted by atomic mass is 10.0. The number of furan rings is 3. The predicted molar refractivity (Wildman–Crippen MR) is 614 cm³/mol. The molecule has 32 rings (SSSR count). The van der Waals surface area contributed by atoms with E-state index >= 15 is 0 Å². The highest BCUT2D eigenvalue weighted by atomic mass is 16.3. The molecule has 0 aliphatic carbocycles. The quantitative estimate of drug-likeness (QED) is 0.130. The Bertz CT molecular complexity index is 11000. The molecule has 32 aromatic rings. The molecule has 0 saturated heterocycles. The zero-order valence-electron chi connectivity index (χ0n) is 79.6. The highest BCUT2D eigenvalue weighted by Crippen LogP contribution is 2.49. The van der Waals surface area contributed by atoms with Gasteiger partial charge in [0.05, 0.1) is 99.4 Å². The molecule has 23 aromatic carbocycles. The van der Waals surface area contributed by atoms with Gasteiger partial charge in [-0.25, -0.2) is 0 Å². The van der Waals surface area contributed by atoms with Crippen molar-refractivity contribution in [2.75, 3.05) is 0 Å². The summed E-state index contributed by atoms with van der Waals surface area (Å²) in [5.74, 6) is 0. The molecule has 0 spiro atoms. The van der Waals surface area contributed by atoms with Crippen LogP contribution < -0.4 is 0 Å². The smallest absolute Gasteiger partial charge is 0.137 e. The molecule has 9 heterocycles. The molecule has 147 heavy (non-hydrogen) atoms. The van der Waals surface area contributed by atoms with Crippen LogP contribution in [-0.4, -0.2) is 27.4 Å². The Hall–Kier alpha value is -19.7. The van der Waals surface area contributed by atoms with Crippen LogP contribution in [0, 0.1) is 0 Å². The van der Waals surface area contributed by atoms with Crippen molar-refractivity contribution in [2.45, 2.75) is 0 Å². The van der Waals surface area contributed by atoms with Crippen molar-refractivity contribution in [3.63, 3.8) is 0 Å². The van der Waals surface area contributed by atoms with Crippen LogP contribution in [0.5, 0.6) is 0 Å². The van der Waals surface area contributed by atoms with Gasteiger partial charge in [0.2, 0.25) is 0 Å². The van der Waals surface area contributed by atoms with Gasteiger partial charge in [-0.05, 0) is 256 Å². The van der Waals surface area contributed by atoms with Gasteiger partial charge in [0.25, 0.3) is 0 Å². The summed E-state index contributed by atoms with van der Waals surface area (Å²) >= 11 is 0. The summed E-state index contributed by atoms with van der Waals surface area (Å²) in [5, 5.41) is 21.7. The normalized spacial score (nSPS) is 11.9. The first-order chi connectivity index (χ1) is 72.9. The fourth-order valence-corrected chi connectivity index (χ4v) is 23.8. The number of nitrogens with zero attached hydrogens (tertiary/aromatic N) is 6. The maximum atomic E-state index is 6.30. The molecule has 9 aromatic heterocycles. The second kappa shape index (κ2) is 33.5. The van der Waals surface area contributed by atoms with Gasteiger partial charge in [-0.2, -0.15) is 0 Å². The Morgan fingerprint density at radius 3 is 0.626 bits per heavy atom. The molecule has 0 bridgehead atoms. The highest BCUT2D eigenvalue weighted by molar-refractivity contribution is 6.21. The van der Waals surface area contributed by atoms with Gasteiger partial charge in [0.15, 0.2) is 0 Å². The maximum absolute atomic E-state index is 6.30. The van der Waals surface area contributed by atoms with E-state index in [1.165, 1.54) is 192 Å². The first-order valence-electron chi connectivity index (χ1n) is 50.2. The van der Waals surface area contributed by atoms with E-state index in [0.717, 1.165) is 94.3 Å². The largest absolute Gasteiger partial charge is 0.456 e. The Balaban J connectivity index is 0.000000102. The van der Waals surface area contributed by atoms with Crippen molar-refractivity contribution < 1.29 is 13.3 Å². The second-order valence-corrected chi connectivity index (χ2v) is 38.4. The Morgan fingerprint density at radius 2 is 0.306 bits per heavy atom. The minimum Gasteiger partial charge on any atom is -0.456 e. The maximum Gasteiger partial charge on any atom is 0.137 e. The predicted octanol–water partition coefficient (Wildman–Crippen LogP) is 37.7. The van der Waals surface area contributed by atoms with E-state index < -0.39 is 0 Å². The van der Waals surface area contributed by atoms with Crippen LogP contribution in [0.15, 0.2) is 535 Å². The van der Waals surface area contributed by atoms with Crippen LogP contribution in [0.25, 0.3) is 286 Å². The van der Waals surface area contributed by atoms with Crippen molar-refractivity contribution in [3.8, 4) is 89.8 Å². The molecule has 0 saturated carbocycles. The number of aromatic nitrogens is 6. The fourth-order valence-electron chi connectivity index (χ4n) is 23.8. The molecule has 9 nitrogen and oxygen atoms in total. The number of fused-ring (bicyclic) bond motifs is 27. The minimum absolute atomic E-state index is 0.899. The Labute approximate surface area is 842 Å². The van der Waals surface area contributed by atoms with E-state index in [0.29, 0.717) is 0 Å². The molecule has 0 aliphatic rings. The molecule has 0 aliphatic heterocycles.